The molecule has 0 aromatic heterocycles. The summed E-state index contributed by atoms with van der Waals surface area (Å²) in [6.07, 6.45) is -0.909. The SMILES string of the molecule is CCCOc1ccc(C=CC(=O)Nc2ccccc2C(F)(F)F)cc1. The molecule has 3 nitrogen and oxygen atoms in total. The summed E-state index contributed by atoms with van der Waals surface area (Å²) in [6, 6.07) is 11.9. The van der Waals surface area contributed by atoms with Crippen LogP contribution in [-0.2, 0) is 11.0 Å². The maximum absolute atomic E-state index is 12.9. The van der Waals surface area contributed by atoms with Gasteiger partial charge in [0, 0.05) is 6.08 Å². The Morgan fingerprint density at radius 1 is 1.12 bits per heavy atom. The third-order valence-electron chi connectivity index (χ3n) is 3.27. The van der Waals surface area contributed by atoms with E-state index < -0.39 is 17.6 Å². The average Bonchev–Trinajstić information content (AvgIpc) is 2.58. The van der Waals surface area contributed by atoms with Gasteiger partial charge in [-0.25, -0.2) is 0 Å². The van der Waals surface area contributed by atoms with Crippen LogP contribution in [0.4, 0.5) is 18.9 Å². The second-order valence-corrected chi connectivity index (χ2v) is 5.28. The first-order chi connectivity index (χ1) is 11.9. The van der Waals surface area contributed by atoms with E-state index in [-0.39, 0.29) is 5.69 Å². The molecule has 0 bridgehead atoms. The summed E-state index contributed by atoms with van der Waals surface area (Å²) in [5, 5.41) is 2.26. The van der Waals surface area contributed by atoms with Crippen LogP contribution in [0, 0.1) is 0 Å². The molecule has 0 spiro atoms. The molecule has 0 atom stereocenters. The van der Waals surface area contributed by atoms with Crippen molar-refractivity contribution in [3.05, 3.63) is 65.7 Å². The molecule has 0 heterocycles. The fraction of sp³-hybridized carbons (Fsp3) is 0.211. The molecule has 0 aliphatic carbocycles. The van der Waals surface area contributed by atoms with E-state index >= 15 is 0 Å². The zero-order valence-electron chi connectivity index (χ0n) is 13.6. The fourth-order valence-electron chi connectivity index (χ4n) is 2.08. The van der Waals surface area contributed by atoms with E-state index in [1.165, 1.54) is 30.4 Å². The summed E-state index contributed by atoms with van der Waals surface area (Å²) in [4.78, 5) is 11.9. The van der Waals surface area contributed by atoms with Crippen LogP contribution < -0.4 is 10.1 Å². The number of halogens is 3. The van der Waals surface area contributed by atoms with Crippen molar-refractivity contribution >= 4 is 17.7 Å². The molecule has 2 rings (SSSR count). The fourth-order valence-corrected chi connectivity index (χ4v) is 2.08. The highest BCUT2D eigenvalue weighted by Crippen LogP contribution is 2.34. The van der Waals surface area contributed by atoms with E-state index in [0.717, 1.165) is 23.8 Å². The van der Waals surface area contributed by atoms with Gasteiger partial charge in [0.25, 0.3) is 0 Å². The second kappa shape index (κ2) is 8.37. The minimum absolute atomic E-state index is 0.270. The van der Waals surface area contributed by atoms with Crippen molar-refractivity contribution in [3.8, 4) is 5.75 Å². The number of benzene rings is 2. The molecule has 132 valence electrons. The number of alkyl halides is 3. The first-order valence-corrected chi connectivity index (χ1v) is 7.78. The minimum Gasteiger partial charge on any atom is -0.494 e. The van der Waals surface area contributed by atoms with Crippen molar-refractivity contribution < 1.29 is 22.7 Å². The molecular formula is C19H18F3NO2. The summed E-state index contributed by atoms with van der Waals surface area (Å²) in [5.74, 6) is 0.0885. The van der Waals surface area contributed by atoms with Crippen molar-refractivity contribution in [3.63, 3.8) is 0 Å². The van der Waals surface area contributed by atoms with Gasteiger partial charge >= 0.3 is 6.18 Å². The number of nitrogens with one attached hydrogen (secondary N) is 1. The molecule has 1 amide bonds. The summed E-state index contributed by atoms with van der Waals surface area (Å²) < 4.78 is 44.1. The van der Waals surface area contributed by atoms with Gasteiger partial charge in [0.15, 0.2) is 0 Å². The molecule has 0 saturated carbocycles. The maximum Gasteiger partial charge on any atom is 0.418 e. The normalized spacial score (nSPS) is 11.5. The Morgan fingerprint density at radius 3 is 2.44 bits per heavy atom. The number of carbonyl (C=O) groups is 1. The number of para-hydroxylation sites is 1. The Balaban J connectivity index is 2.02. The van der Waals surface area contributed by atoms with Gasteiger partial charge in [-0.2, -0.15) is 13.2 Å². The molecule has 0 fully saturated rings. The molecule has 0 radical (unpaired) electrons. The summed E-state index contributed by atoms with van der Waals surface area (Å²) >= 11 is 0. The van der Waals surface area contributed by atoms with Crippen LogP contribution in [0.15, 0.2) is 54.6 Å². The summed E-state index contributed by atoms with van der Waals surface area (Å²) in [6.45, 7) is 2.63. The second-order valence-electron chi connectivity index (χ2n) is 5.28. The molecule has 0 aliphatic heterocycles. The lowest BCUT2D eigenvalue weighted by Gasteiger charge is -2.12. The summed E-state index contributed by atoms with van der Waals surface area (Å²) in [5.41, 5.74) is -0.412. The molecule has 0 aliphatic rings. The van der Waals surface area contributed by atoms with Crippen LogP contribution in [0.25, 0.3) is 6.08 Å². The van der Waals surface area contributed by atoms with Crippen LogP contribution in [0.1, 0.15) is 24.5 Å². The molecule has 0 unspecified atom stereocenters. The van der Waals surface area contributed by atoms with Gasteiger partial charge in [-0.1, -0.05) is 31.2 Å². The monoisotopic (exact) mass is 349 g/mol. The number of hydrogen-bond acceptors (Lipinski definition) is 2. The summed E-state index contributed by atoms with van der Waals surface area (Å²) in [7, 11) is 0. The Hall–Kier alpha value is -2.76. The Bertz CT molecular complexity index is 737. The highest BCUT2D eigenvalue weighted by atomic mass is 19.4. The molecule has 1 N–H and O–H groups in total. The zero-order valence-corrected chi connectivity index (χ0v) is 13.6. The topological polar surface area (TPSA) is 38.3 Å². The number of carbonyl (C=O) groups excluding carboxylic acids is 1. The molecule has 2 aromatic rings. The molecule has 6 heteroatoms. The van der Waals surface area contributed by atoms with Gasteiger partial charge in [-0.05, 0) is 42.3 Å². The lowest BCUT2D eigenvalue weighted by atomic mass is 10.1. The van der Waals surface area contributed by atoms with Crippen molar-refractivity contribution in [1.29, 1.82) is 0 Å². The smallest absolute Gasteiger partial charge is 0.418 e. The zero-order chi connectivity index (χ0) is 18.3. The third-order valence-corrected chi connectivity index (χ3v) is 3.27. The number of hydrogen-bond donors (Lipinski definition) is 1. The van der Waals surface area contributed by atoms with E-state index in [2.05, 4.69) is 5.32 Å². The van der Waals surface area contributed by atoms with Gasteiger partial charge in [-0.15, -0.1) is 0 Å². The van der Waals surface area contributed by atoms with E-state index in [9.17, 15) is 18.0 Å². The molecule has 25 heavy (non-hydrogen) atoms. The van der Waals surface area contributed by atoms with Crippen molar-refractivity contribution in [2.24, 2.45) is 0 Å². The van der Waals surface area contributed by atoms with Crippen molar-refractivity contribution in [2.45, 2.75) is 19.5 Å². The lowest BCUT2D eigenvalue weighted by molar-refractivity contribution is -0.136. The van der Waals surface area contributed by atoms with Crippen molar-refractivity contribution in [2.75, 3.05) is 11.9 Å². The molecule has 0 saturated heterocycles. The lowest BCUT2D eigenvalue weighted by Crippen LogP contribution is -2.14. The molecular weight excluding hydrogens is 331 g/mol. The van der Waals surface area contributed by atoms with E-state index in [1.54, 1.807) is 24.3 Å². The van der Waals surface area contributed by atoms with Crippen LogP contribution in [0.5, 0.6) is 5.75 Å². The predicted octanol–water partition coefficient (Wildman–Crippen LogP) is 5.15. The quantitative estimate of drug-likeness (QED) is 0.733. The average molecular weight is 349 g/mol. The number of amides is 1. The Morgan fingerprint density at radius 2 is 1.80 bits per heavy atom. The highest BCUT2D eigenvalue weighted by Gasteiger charge is 2.33. The largest absolute Gasteiger partial charge is 0.494 e. The van der Waals surface area contributed by atoms with Gasteiger partial charge in [0.2, 0.25) is 5.91 Å². The van der Waals surface area contributed by atoms with E-state index in [4.69, 9.17) is 4.74 Å². The predicted molar refractivity (Wildman–Crippen MR) is 91.3 cm³/mol. The number of ether oxygens (including phenoxy) is 1. The van der Waals surface area contributed by atoms with Crippen LogP contribution in [0.2, 0.25) is 0 Å². The van der Waals surface area contributed by atoms with E-state index in [0.29, 0.717) is 6.61 Å². The van der Waals surface area contributed by atoms with Crippen LogP contribution >= 0.6 is 0 Å². The Labute approximate surface area is 144 Å². The highest BCUT2D eigenvalue weighted by molar-refractivity contribution is 6.02. The van der Waals surface area contributed by atoms with Gasteiger partial charge < -0.3 is 10.1 Å². The molecule has 2 aromatic carbocycles. The number of anilines is 1. The first kappa shape index (κ1) is 18.6. The number of rotatable bonds is 6. The first-order valence-electron chi connectivity index (χ1n) is 7.78. The Kier molecular flexibility index (Phi) is 6.22. The van der Waals surface area contributed by atoms with Gasteiger partial charge in [-0.3, -0.25) is 4.79 Å². The standard InChI is InChI=1S/C19H18F3NO2/c1-2-13-25-15-10-7-14(8-11-15)9-12-18(24)23-17-6-4-3-5-16(17)19(20,21)22/h3-12H,2,13H2,1H3,(H,23,24). The van der Waals surface area contributed by atoms with Crippen molar-refractivity contribution in [1.82, 2.24) is 0 Å². The van der Waals surface area contributed by atoms with E-state index in [1.807, 2.05) is 6.92 Å². The van der Waals surface area contributed by atoms with Crippen LogP contribution in [0.3, 0.4) is 0 Å². The van der Waals surface area contributed by atoms with Crippen LogP contribution in [-0.4, -0.2) is 12.5 Å². The maximum atomic E-state index is 12.9. The third kappa shape index (κ3) is 5.67. The minimum atomic E-state index is -4.53. The van der Waals surface area contributed by atoms with Gasteiger partial charge in [0.05, 0.1) is 17.9 Å². The van der Waals surface area contributed by atoms with Gasteiger partial charge in [0.1, 0.15) is 5.75 Å².